The lowest BCUT2D eigenvalue weighted by atomic mass is 10.2. The lowest BCUT2D eigenvalue weighted by Gasteiger charge is -2.03. The highest BCUT2D eigenvalue weighted by Gasteiger charge is 2.17. The molecule has 0 atom stereocenters. The Kier molecular flexibility index (Phi) is 4.30. The van der Waals surface area contributed by atoms with Gasteiger partial charge >= 0.3 is 5.69 Å². The number of phenolic OH excluding ortho intramolecular Hbond substituents is 1. The molecule has 1 heterocycles. The standard InChI is InChI=1S/C12H10F2N4O4/c13-10(14)6-17-4-3-11(16-17)15-12(20)7-1-2-9(19)8(5-7)18(21)22/h1-5,10,19H,6H2,(H,15,16,20). The number of nitrogens with zero attached hydrogens (tertiary/aromatic N) is 3. The Morgan fingerprint density at radius 1 is 1.45 bits per heavy atom. The predicted octanol–water partition coefficient (Wildman–Crippen LogP) is 2.01. The highest BCUT2D eigenvalue weighted by atomic mass is 19.3. The zero-order chi connectivity index (χ0) is 16.3. The maximum absolute atomic E-state index is 12.2. The summed E-state index contributed by atoms with van der Waals surface area (Å²) in [6.45, 7) is -0.611. The molecule has 0 aliphatic rings. The summed E-state index contributed by atoms with van der Waals surface area (Å²) in [6, 6.07) is 4.42. The maximum atomic E-state index is 12.2. The molecule has 116 valence electrons. The average Bonchev–Trinajstić information content (AvgIpc) is 2.85. The molecule has 0 saturated carbocycles. The fraction of sp³-hybridized carbons (Fsp3) is 0.167. The molecule has 0 aliphatic heterocycles. The molecule has 0 bridgehead atoms. The third-order valence-corrected chi connectivity index (χ3v) is 2.64. The number of nitro groups is 1. The molecule has 0 fully saturated rings. The van der Waals surface area contributed by atoms with Crippen molar-refractivity contribution in [3.05, 3.63) is 46.1 Å². The number of phenols is 1. The predicted molar refractivity (Wildman–Crippen MR) is 70.9 cm³/mol. The van der Waals surface area contributed by atoms with Crippen LogP contribution in [0.1, 0.15) is 10.4 Å². The molecule has 1 aromatic carbocycles. The molecular weight excluding hydrogens is 302 g/mol. The Bertz CT molecular complexity index is 717. The Hall–Kier alpha value is -3.04. The molecule has 0 aliphatic carbocycles. The van der Waals surface area contributed by atoms with E-state index in [9.17, 15) is 28.8 Å². The van der Waals surface area contributed by atoms with Gasteiger partial charge in [-0.05, 0) is 12.1 Å². The summed E-state index contributed by atoms with van der Waals surface area (Å²) in [4.78, 5) is 21.8. The first kappa shape index (κ1) is 15.4. The monoisotopic (exact) mass is 312 g/mol. The summed E-state index contributed by atoms with van der Waals surface area (Å²) in [6.07, 6.45) is -1.32. The van der Waals surface area contributed by atoms with E-state index >= 15 is 0 Å². The van der Waals surface area contributed by atoms with Crippen LogP contribution >= 0.6 is 0 Å². The number of nitrogens with one attached hydrogen (secondary N) is 1. The molecule has 2 rings (SSSR count). The number of amides is 1. The van der Waals surface area contributed by atoms with E-state index in [1.54, 1.807) is 0 Å². The second-order valence-electron chi connectivity index (χ2n) is 4.23. The molecule has 22 heavy (non-hydrogen) atoms. The van der Waals surface area contributed by atoms with Crippen molar-refractivity contribution in [1.82, 2.24) is 9.78 Å². The van der Waals surface area contributed by atoms with Crippen molar-refractivity contribution in [2.75, 3.05) is 5.32 Å². The van der Waals surface area contributed by atoms with E-state index in [-0.39, 0.29) is 11.4 Å². The average molecular weight is 312 g/mol. The van der Waals surface area contributed by atoms with E-state index in [1.165, 1.54) is 18.3 Å². The number of nitro benzene ring substituents is 1. The molecule has 1 aromatic heterocycles. The van der Waals surface area contributed by atoms with Crippen molar-refractivity contribution in [2.45, 2.75) is 13.0 Å². The number of carbonyl (C=O) groups is 1. The lowest BCUT2D eigenvalue weighted by Crippen LogP contribution is -2.13. The molecule has 0 spiro atoms. The number of aromatic nitrogens is 2. The van der Waals surface area contributed by atoms with Crippen LogP contribution in [0.25, 0.3) is 0 Å². The van der Waals surface area contributed by atoms with Gasteiger partial charge in [0, 0.05) is 23.9 Å². The van der Waals surface area contributed by atoms with Gasteiger partial charge in [0.25, 0.3) is 12.3 Å². The minimum atomic E-state index is -2.58. The highest BCUT2D eigenvalue weighted by molar-refractivity contribution is 6.04. The summed E-state index contributed by atoms with van der Waals surface area (Å²) in [5.41, 5.74) is -0.691. The fourth-order valence-corrected chi connectivity index (χ4v) is 1.67. The Morgan fingerprint density at radius 2 is 2.18 bits per heavy atom. The summed E-state index contributed by atoms with van der Waals surface area (Å²) in [5, 5.41) is 26.0. The van der Waals surface area contributed by atoms with E-state index in [2.05, 4.69) is 10.4 Å². The zero-order valence-electron chi connectivity index (χ0n) is 10.9. The van der Waals surface area contributed by atoms with E-state index in [1.807, 2.05) is 0 Å². The first-order valence-electron chi connectivity index (χ1n) is 5.97. The van der Waals surface area contributed by atoms with E-state index in [4.69, 9.17) is 0 Å². The number of halogens is 2. The summed E-state index contributed by atoms with van der Waals surface area (Å²) in [7, 11) is 0. The summed E-state index contributed by atoms with van der Waals surface area (Å²) >= 11 is 0. The van der Waals surface area contributed by atoms with Gasteiger partial charge in [-0.1, -0.05) is 0 Å². The number of alkyl halides is 2. The van der Waals surface area contributed by atoms with E-state index < -0.39 is 35.2 Å². The van der Waals surface area contributed by atoms with Gasteiger partial charge in [-0.2, -0.15) is 5.10 Å². The van der Waals surface area contributed by atoms with Gasteiger partial charge in [-0.3, -0.25) is 19.6 Å². The molecule has 10 heteroatoms. The third kappa shape index (κ3) is 3.53. The van der Waals surface area contributed by atoms with E-state index in [0.717, 1.165) is 16.8 Å². The number of aromatic hydroxyl groups is 1. The van der Waals surface area contributed by atoms with Crippen LogP contribution in [0.15, 0.2) is 30.5 Å². The Morgan fingerprint density at radius 3 is 2.82 bits per heavy atom. The summed E-state index contributed by atoms with van der Waals surface area (Å²) in [5.74, 6) is -1.26. The van der Waals surface area contributed by atoms with E-state index in [0.29, 0.717) is 0 Å². The minimum Gasteiger partial charge on any atom is -0.502 e. The SMILES string of the molecule is O=C(Nc1ccn(CC(F)F)n1)c1ccc(O)c([N+](=O)[O-])c1. The van der Waals surface area contributed by atoms with Crippen LogP contribution in [-0.2, 0) is 6.54 Å². The molecule has 0 radical (unpaired) electrons. The van der Waals surface area contributed by atoms with Gasteiger partial charge in [0.1, 0.15) is 6.54 Å². The maximum Gasteiger partial charge on any atom is 0.311 e. The topological polar surface area (TPSA) is 110 Å². The van der Waals surface area contributed by atoms with Crippen LogP contribution < -0.4 is 5.32 Å². The molecule has 0 unspecified atom stereocenters. The smallest absolute Gasteiger partial charge is 0.311 e. The third-order valence-electron chi connectivity index (χ3n) is 2.64. The number of benzene rings is 1. The number of anilines is 1. The van der Waals surface area contributed by atoms with Crippen molar-refractivity contribution >= 4 is 17.4 Å². The number of hydrogen-bond acceptors (Lipinski definition) is 5. The van der Waals surface area contributed by atoms with Crippen LogP contribution in [0.4, 0.5) is 20.3 Å². The first-order valence-corrected chi connectivity index (χ1v) is 5.97. The molecule has 2 aromatic rings. The fourth-order valence-electron chi connectivity index (χ4n) is 1.67. The van der Waals surface area contributed by atoms with Crippen molar-refractivity contribution in [3.63, 3.8) is 0 Å². The zero-order valence-corrected chi connectivity index (χ0v) is 10.9. The number of carbonyl (C=O) groups excluding carboxylic acids is 1. The van der Waals surface area contributed by atoms with Crippen LogP contribution in [-0.4, -0.2) is 32.1 Å². The molecule has 8 nitrogen and oxygen atoms in total. The van der Waals surface area contributed by atoms with Crippen LogP contribution in [0.3, 0.4) is 0 Å². The molecule has 1 amide bonds. The highest BCUT2D eigenvalue weighted by Crippen LogP contribution is 2.26. The van der Waals surface area contributed by atoms with Crippen molar-refractivity contribution in [1.29, 1.82) is 0 Å². The molecular formula is C12H10F2N4O4. The number of rotatable bonds is 5. The minimum absolute atomic E-state index is 0.0291. The van der Waals surface area contributed by atoms with Crippen LogP contribution in [0.2, 0.25) is 0 Å². The summed E-state index contributed by atoms with van der Waals surface area (Å²) < 4.78 is 25.3. The number of hydrogen-bond donors (Lipinski definition) is 2. The largest absolute Gasteiger partial charge is 0.502 e. The molecule has 2 N–H and O–H groups in total. The van der Waals surface area contributed by atoms with Gasteiger partial charge < -0.3 is 10.4 Å². The lowest BCUT2D eigenvalue weighted by molar-refractivity contribution is -0.385. The second-order valence-corrected chi connectivity index (χ2v) is 4.23. The Labute approximate surface area is 122 Å². The molecule has 0 saturated heterocycles. The second kappa shape index (κ2) is 6.16. The normalized spacial score (nSPS) is 10.7. The van der Waals surface area contributed by atoms with Crippen molar-refractivity contribution < 1.29 is 23.6 Å². The van der Waals surface area contributed by atoms with Gasteiger partial charge in [0.2, 0.25) is 0 Å². The van der Waals surface area contributed by atoms with Crippen LogP contribution in [0, 0.1) is 10.1 Å². The van der Waals surface area contributed by atoms with Crippen molar-refractivity contribution in [2.24, 2.45) is 0 Å². The quantitative estimate of drug-likeness (QED) is 0.648. The van der Waals surface area contributed by atoms with Gasteiger partial charge in [0.05, 0.1) is 4.92 Å². The first-order chi connectivity index (χ1) is 10.4. The van der Waals surface area contributed by atoms with Crippen LogP contribution in [0.5, 0.6) is 5.75 Å². The van der Waals surface area contributed by atoms with Gasteiger partial charge in [0.15, 0.2) is 11.6 Å². The van der Waals surface area contributed by atoms with Gasteiger partial charge in [-0.15, -0.1) is 0 Å². The van der Waals surface area contributed by atoms with Crippen molar-refractivity contribution in [3.8, 4) is 5.75 Å². The van der Waals surface area contributed by atoms with Gasteiger partial charge in [-0.25, -0.2) is 8.78 Å². The Balaban J connectivity index is 2.14.